The highest BCUT2D eigenvalue weighted by molar-refractivity contribution is 9.10. The first-order chi connectivity index (χ1) is 11.3. The zero-order valence-corrected chi connectivity index (χ0v) is 14.3. The van der Waals surface area contributed by atoms with Gasteiger partial charge in [0.25, 0.3) is 0 Å². The van der Waals surface area contributed by atoms with E-state index in [1.807, 2.05) is 12.1 Å². The van der Waals surface area contributed by atoms with Crippen molar-refractivity contribution in [2.75, 3.05) is 11.9 Å². The smallest absolute Gasteiger partial charge is 0.137 e. The van der Waals surface area contributed by atoms with E-state index in [0.717, 1.165) is 39.8 Å². The van der Waals surface area contributed by atoms with Crippen molar-refractivity contribution in [1.82, 2.24) is 9.97 Å². The molecule has 0 aliphatic heterocycles. The van der Waals surface area contributed by atoms with Gasteiger partial charge in [-0.15, -0.1) is 0 Å². The lowest BCUT2D eigenvalue weighted by Gasteiger charge is -2.13. The quantitative estimate of drug-likeness (QED) is 0.832. The topological polar surface area (TPSA) is 47.0 Å². The summed E-state index contributed by atoms with van der Waals surface area (Å²) in [5.74, 6) is 1.72. The number of anilines is 1. The number of hydrogen-bond donors (Lipinski definition) is 1. The molecule has 4 nitrogen and oxygen atoms in total. The fraction of sp³-hybridized carbons (Fsp3) is 0.333. The van der Waals surface area contributed by atoms with Crippen molar-refractivity contribution in [1.29, 1.82) is 0 Å². The Bertz CT molecular complexity index is 796. The second-order valence-corrected chi connectivity index (χ2v) is 6.84. The number of nitrogens with zero attached hydrogens (tertiary/aromatic N) is 2. The first-order valence-corrected chi connectivity index (χ1v) is 8.78. The van der Waals surface area contributed by atoms with Gasteiger partial charge in [-0.3, -0.25) is 0 Å². The number of fused-ring (bicyclic) bond motifs is 1. The Morgan fingerprint density at radius 3 is 2.91 bits per heavy atom. The van der Waals surface area contributed by atoms with Gasteiger partial charge >= 0.3 is 0 Å². The summed E-state index contributed by atoms with van der Waals surface area (Å²) in [5, 5.41) is 4.48. The van der Waals surface area contributed by atoms with Crippen LogP contribution in [0.1, 0.15) is 25.7 Å². The van der Waals surface area contributed by atoms with Crippen LogP contribution in [0, 0.1) is 0 Å². The molecule has 1 heterocycles. The molecule has 23 heavy (non-hydrogen) atoms. The maximum atomic E-state index is 5.97. The summed E-state index contributed by atoms with van der Waals surface area (Å²) in [6.45, 7) is 0.582. The number of aromatic nitrogens is 2. The number of benzene rings is 1. The molecule has 2 aliphatic rings. The molecule has 4 rings (SSSR count). The molecule has 1 N–H and O–H groups in total. The summed E-state index contributed by atoms with van der Waals surface area (Å²) < 4.78 is 6.90. The molecule has 0 spiro atoms. The highest BCUT2D eigenvalue weighted by Gasteiger charge is 2.22. The van der Waals surface area contributed by atoms with E-state index in [4.69, 9.17) is 4.74 Å². The van der Waals surface area contributed by atoms with Gasteiger partial charge in [0, 0.05) is 17.5 Å². The lowest BCUT2D eigenvalue weighted by molar-refractivity contribution is 0.353. The standard InChI is InChI=1S/C18H18BrN3O/c19-15-8-14-16(20-11-21-18(14)22-13-6-7-13)9-17(15)23-10-12-4-2-1-3-5-12/h2,4-5,8-9,11,13H,1,3,6-7,10H2,(H,20,21,22). The van der Waals surface area contributed by atoms with Crippen LogP contribution in [-0.4, -0.2) is 22.6 Å². The van der Waals surface area contributed by atoms with Gasteiger partial charge in [0.05, 0.1) is 9.99 Å². The third kappa shape index (κ3) is 3.39. The van der Waals surface area contributed by atoms with E-state index in [1.165, 1.54) is 18.4 Å². The number of rotatable bonds is 5. The number of allylic oxidation sites excluding steroid dienone is 2. The first kappa shape index (κ1) is 14.7. The molecule has 0 unspecified atom stereocenters. The van der Waals surface area contributed by atoms with Crippen molar-refractivity contribution in [2.45, 2.75) is 31.7 Å². The molecule has 0 bridgehead atoms. The SMILES string of the molecule is Brc1cc2c(NC3CC3)ncnc2cc1OCC1=CCCC=C1. The Hall–Kier alpha value is -1.88. The Morgan fingerprint density at radius 1 is 1.22 bits per heavy atom. The maximum absolute atomic E-state index is 5.97. The van der Waals surface area contributed by atoms with Gasteiger partial charge in [-0.05, 0) is 53.3 Å². The molecule has 0 saturated heterocycles. The highest BCUT2D eigenvalue weighted by Crippen LogP contribution is 2.34. The molecule has 2 aromatic rings. The van der Waals surface area contributed by atoms with Gasteiger partial charge in [0.15, 0.2) is 0 Å². The molecule has 5 heteroatoms. The van der Waals surface area contributed by atoms with Crippen LogP contribution in [0.5, 0.6) is 5.75 Å². The van der Waals surface area contributed by atoms with Gasteiger partial charge < -0.3 is 10.1 Å². The van der Waals surface area contributed by atoms with Crippen LogP contribution < -0.4 is 10.1 Å². The van der Waals surface area contributed by atoms with Crippen LogP contribution in [0.2, 0.25) is 0 Å². The Morgan fingerprint density at radius 2 is 2.13 bits per heavy atom. The zero-order valence-electron chi connectivity index (χ0n) is 12.8. The second-order valence-electron chi connectivity index (χ2n) is 5.99. The van der Waals surface area contributed by atoms with Crippen LogP contribution in [0.3, 0.4) is 0 Å². The summed E-state index contributed by atoms with van der Waals surface area (Å²) >= 11 is 3.61. The summed E-state index contributed by atoms with van der Waals surface area (Å²) in [7, 11) is 0. The molecule has 0 atom stereocenters. The van der Waals surface area contributed by atoms with E-state index < -0.39 is 0 Å². The largest absolute Gasteiger partial charge is 0.488 e. The van der Waals surface area contributed by atoms with Crippen molar-refractivity contribution < 1.29 is 4.74 Å². The monoisotopic (exact) mass is 371 g/mol. The Labute approximate surface area is 143 Å². The molecule has 0 amide bonds. The number of halogens is 1. The predicted octanol–water partition coefficient (Wildman–Crippen LogP) is 4.62. The van der Waals surface area contributed by atoms with Crippen molar-refractivity contribution in [3.05, 3.63) is 46.7 Å². The van der Waals surface area contributed by atoms with Crippen molar-refractivity contribution in [3.8, 4) is 5.75 Å². The minimum absolute atomic E-state index is 0.563. The van der Waals surface area contributed by atoms with E-state index in [2.05, 4.69) is 49.4 Å². The third-order valence-corrected chi connectivity index (χ3v) is 4.69. The highest BCUT2D eigenvalue weighted by atomic mass is 79.9. The molecular formula is C18H18BrN3O. The van der Waals surface area contributed by atoms with Crippen LogP contribution in [-0.2, 0) is 0 Å². The molecule has 2 aliphatic carbocycles. The fourth-order valence-corrected chi connectivity index (χ4v) is 3.10. The molecule has 1 aromatic carbocycles. The average molecular weight is 372 g/mol. The normalized spacial score (nSPS) is 17.2. The van der Waals surface area contributed by atoms with Crippen molar-refractivity contribution >= 4 is 32.7 Å². The van der Waals surface area contributed by atoms with Gasteiger partial charge in [-0.25, -0.2) is 9.97 Å². The minimum atomic E-state index is 0.563. The van der Waals surface area contributed by atoms with Crippen LogP contribution in [0.4, 0.5) is 5.82 Å². The van der Waals surface area contributed by atoms with Crippen LogP contribution >= 0.6 is 15.9 Å². The van der Waals surface area contributed by atoms with Gasteiger partial charge in [0.1, 0.15) is 24.5 Å². The third-order valence-electron chi connectivity index (χ3n) is 4.07. The van der Waals surface area contributed by atoms with E-state index in [-0.39, 0.29) is 0 Å². The molecule has 1 fully saturated rings. The predicted molar refractivity (Wildman–Crippen MR) is 95.8 cm³/mol. The van der Waals surface area contributed by atoms with Gasteiger partial charge in [-0.2, -0.15) is 0 Å². The Balaban J connectivity index is 1.59. The van der Waals surface area contributed by atoms with Gasteiger partial charge in [0.2, 0.25) is 0 Å². The molecular weight excluding hydrogens is 354 g/mol. The fourth-order valence-electron chi connectivity index (χ4n) is 2.64. The van der Waals surface area contributed by atoms with Crippen LogP contribution in [0.25, 0.3) is 10.9 Å². The zero-order chi connectivity index (χ0) is 15.6. The molecule has 1 aromatic heterocycles. The molecule has 118 valence electrons. The Kier molecular flexibility index (Phi) is 4.04. The summed E-state index contributed by atoms with van der Waals surface area (Å²) in [4.78, 5) is 8.76. The summed E-state index contributed by atoms with van der Waals surface area (Å²) in [6, 6.07) is 4.58. The lowest BCUT2D eigenvalue weighted by Crippen LogP contribution is -2.05. The summed E-state index contributed by atoms with van der Waals surface area (Å²) in [5.41, 5.74) is 2.12. The van der Waals surface area contributed by atoms with Crippen LogP contribution in [0.15, 0.2) is 46.7 Å². The molecule has 1 saturated carbocycles. The first-order valence-electron chi connectivity index (χ1n) is 7.99. The van der Waals surface area contributed by atoms with E-state index in [1.54, 1.807) is 6.33 Å². The van der Waals surface area contributed by atoms with Crippen molar-refractivity contribution in [2.24, 2.45) is 0 Å². The van der Waals surface area contributed by atoms with E-state index in [0.29, 0.717) is 12.6 Å². The number of ether oxygens (including phenoxy) is 1. The van der Waals surface area contributed by atoms with E-state index >= 15 is 0 Å². The second kappa shape index (κ2) is 6.32. The maximum Gasteiger partial charge on any atom is 0.137 e. The number of nitrogens with one attached hydrogen (secondary N) is 1. The number of hydrogen-bond acceptors (Lipinski definition) is 4. The minimum Gasteiger partial charge on any atom is -0.488 e. The summed E-state index contributed by atoms with van der Waals surface area (Å²) in [6.07, 6.45) is 12.8. The lowest BCUT2D eigenvalue weighted by atomic mass is 10.1. The van der Waals surface area contributed by atoms with Crippen molar-refractivity contribution in [3.63, 3.8) is 0 Å². The van der Waals surface area contributed by atoms with Gasteiger partial charge in [-0.1, -0.05) is 18.2 Å². The average Bonchev–Trinajstić information content (AvgIpc) is 3.39. The molecule has 0 radical (unpaired) electrons. The van der Waals surface area contributed by atoms with E-state index in [9.17, 15) is 0 Å².